The summed E-state index contributed by atoms with van der Waals surface area (Å²) < 4.78 is 45.2. The minimum Gasteiger partial charge on any atom is -0.497 e. The number of amides is 1. The summed E-state index contributed by atoms with van der Waals surface area (Å²) in [6, 6.07) is 8.75. The summed E-state index contributed by atoms with van der Waals surface area (Å²) >= 11 is 0. The maximum absolute atomic E-state index is 13.4. The highest BCUT2D eigenvalue weighted by molar-refractivity contribution is 5.93. The van der Waals surface area contributed by atoms with E-state index in [-0.39, 0.29) is 11.3 Å². The van der Waals surface area contributed by atoms with Crippen LogP contribution in [0.5, 0.6) is 5.75 Å². The molecule has 0 bridgehead atoms. The Balaban J connectivity index is 1.82. The Morgan fingerprint density at radius 2 is 2.04 bits per heavy atom. The number of alkyl halides is 3. The Bertz CT molecular complexity index is 926. The lowest BCUT2D eigenvalue weighted by molar-refractivity contribution is -0.155. The second kappa shape index (κ2) is 7.48. The molecule has 6 nitrogen and oxygen atoms in total. The second-order valence-corrected chi connectivity index (χ2v) is 5.63. The van der Waals surface area contributed by atoms with Crippen LogP contribution in [0.4, 0.5) is 13.2 Å². The summed E-state index contributed by atoms with van der Waals surface area (Å²) in [5.41, 5.74) is 0.810. The van der Waals surface area contributed by atoms with Gasteiger partial charge in [-0.2, -0.15) is 18.3 Å². The first kappa shape index (κ1) is 18.4. The lowest BCUT2D eigenvalue weighted by atomic mass is 10.1. The number of H-pyrrole nitrogens is 1. The number of pyridine rings is 1. The molecule has 2 aromatic heterocycles. The first-order valence-corrected chi connectivity index (χ1v) is 7.86. The molecular weight excluding hydrogens is 361 g/mol. The fourth-order valence-electron chi connectivity index (χ4n) is 2.48. The van der Waals surface area contributed by atoms with Crippen LogP contribution in [-0.2, 0) is 0 Å². The number of halogens is 3. The van der Waals surface area contributed by atoms with Gasteiger partial charge in [-0.1, -0.05) is 18.2 Å². The minimum absolute atomic E-state index is 0.0917. The monoisotopic (exact) mass is 376 g/mol. The van der Waals surface area contributed by atoms with E-state index in [1.165, 1.54) is 31.5 Å². The quantitative estimate of drug-likeness (QED) is 0.714. The molecule has 0 radical (unpaired) electrons. The molecule has 2 N–H and O–H groups in total. The van der Waals surface area contributed by atoms with Crippen molar-refractivity contribution in [1.82, 2.24) is 20.5 Å². The van der Waals surface area contributed by atoms with Crippen LogP contribution in [0.25, 0.3) is 11.3 Å². The van der Waals surface area contributed by atoms with Gasteiger partial charge in [-0.05, 0) is 24.3 Å². The molecule has 1 amide bonds. The molecule has 1 aromatic carbocycles. The molecule has 0 aliphatic heterocycles. The van der Waals surface area contributed by atoms with Crippen molar-refractivity contribution in [2.45, 2.75) is 12.2 Å². The number of carbonyl (C=O) groups is 1. The largest absolute Gasteiger partial charge is 0.497 e. The molecule has 1 atom stereocenters. The van der Waals surface area contributed by atoms with Gasteiger partial charge in [-0.15, -0.1) is 0 Å². The molecule has 2 heterocycles. The van der Waals surface area contributed by atoms with E-state index in [0.29, 0.717) is 17.0 Å². The Hall–Kier alpha value is -3.36. The summed E-state index contributed by atoms with van der Waals surface area (Å²) in [7, 11) is 1.51. The Kier molecular flexibility index (Phi) is 5.11. The average molecular weight is 376 g/mol. The maximum Gasteiger partial charge on any atom is 0.412 e. The van der Waals surface area contributed by atoms with Crippen molar-refractivity contribution in [3.63, 3.8) is 0 Å². The molecule has 0 saturated carbocycles. The smallest absolute Gasteiger partial charge is 0.412 e. The first-order valence-electron chi connectivity index (χ1n) is 7.86. The Labute approximate surface area is 152 Å². The summed E-state index contributed by atoms with van der Waals surface area (Å²) in [5.74, 6) is -0.335. The van der Waals surface area contributed by atoms with Gasteiger partial charge < -0.3 is 10.1 Å². The Morgan fingerprint density at radius 3 is 2.70 bits per heavy atom. The molecule has 9 heteroatoms. The highest BCUT2D eigenvalue weighted by Crippen LogP contribution is 2.32. The normalized spacial score (nSPS) is 12.4. The summed E-state index contributed by atoms with van der Waals surface area (Å²) in [6.07, 6.45) is -2.25. The number of aromatic amines is 1. The number of nitrogens with zero attached hydrogens (tertiary/aromatic N) is 2. The number of hydrogen-bond acceptors (Lipinski definition) is 4. The van der Waals surface area contributed by atoms with Crippen molar-refractivity contribution in [2.75, 3.05) is 7.11 Å². The van der Waals surface area contributed by atoms with Gasteiger partial charge in [0, 0.05) is 23.5 Å². The van der Waals surface area contributed by atoms with Crippen molar-refractivity contribution in [1.29, 1.82) is 0 Å². The third-order valence-corrected chi connectivity index (χ3v) is 3.81. The number of benzene rings is 1. The Morgan fingerprint density at radius 1 is 1.22 bits per heavy atom. The van der Waals surface area contributed by atoms with Crippen LogP contribution < -0.4 is 10.1 Å². The van der Waals surface area contributed by atoms with Gasteiger partial charge in [-0.3, -0.25) is 14.9 Å². The summed E-state index contributed by atoms with van der Waals surface area (Å²) in [4.78, 5) is 16.0. The molecule has 27 heavy (non-hydrogen) atoms. The van der Waals surface area contributed by atoms with Crippen molar-refractivity contribution >= 4 is 5.91 Å². The van der Waals surface area contributed by atoms with Crippen LogP contribution in [-0.4, -0.2) is 34.4 Å². The zero-order chi connectivity index (χ0) is 19.4. The SMILES string of the molecule is COc1cccc(-c2cc(C(=O)NC(c3cccnc3)C(F)(F)F)[nH]n2)c1. The van der Waals surface area contributed by atoms with E-state index in [1.807, 2.05) is 5.32 Å². The molecule has 3 rings (SSSR count). The second-order valence-electron chi connectivity index (χ2n) is 5.63. The molecule has 0 fully saturated rings. The van der Waals surface area contributed by atoms with Crippen LogP contribution in [0, 0.1) is 0 Å². The van der Waals surface area contributed by atoms with Crippen LogP contribution in [0.1, 0.15) is 22.1 Å². The molecular formula is C18H15F3N4O2. The van der Waals surface area contributed by atoms with Crippen molar-refractivity contribution in [3.8, 4) is 17.0 Å². The zero-order valence-corrected chi connectivity index (χ0v) is 14.1. The van der Waals surface area contributed by atoms with Crippen molar-refractivity contribution < 1.29 is 22.7 Å². The van der Waals surface area contributed by atoms with Crippen molar-refractivity contribution in [2.24, 2.45) is 0 Å². The number of methoxy groups -OCH3 is 1. The van der Waals surface area contributed by atoms with Crippen LogP contribution in [0.15, 0.2) is 54.9 Å². The molecule has 3 aromatic rings. The number of rotatable bonds is 5. The van der Waals surface area contributed by atoms with Crippen molar-refractivity contribution in [3.05, 3.63) is 66.1 Å². The van der Waals surface area contributed by atoms with Crippen LogP contribution in [0.3, 0.4) is 0 Å². The van der Waals surface area contributed by atoms with E-state index in [1.54, 1.807) is 24.3 Å². The number of aromatic nitrogens is 3. The average Bonchev–Trinajstić information content (AvgIpc) is 3.16. The van der Waals surface area contributed by atoms with E-state index in [0.717, 1.165) is 6.20 Å². The predicted molar refractivity (Wildman–Crippen MR) is 91.1 cm³/mol. The molecule has 140 valence electrons. The fraction of sp³-hybridized carbons (Fsp3) is 0.167. The van der Waals surface area contributed by atoms with E-state index in [2.05, 4.69) is 15.2 Å². The van der Waals surface area contributed by atoms with E-state index in [9.17, 15) is 18.0 Å². The molecule has 0 spiro atoms. The van der Waals surface area contributed by atoms with Gasteiger partial charge >= 0.3 is 6.18 Å². The zero-order valence-electron chi connectivity index (χ0n) is 14.1. The van der Waals surface area contributed by atoms with Gasteiger partial charge in [0.25, 0.3) is 5.91 Å². The van der Waals surface area contributed by atoms with Gasteiger partial charge in [0.2, 0.25) is 0 Å². The first-order chi connectivity index (χ1) is 12.9. The van der Waals surface area contributed by atoms with Gasteiger partial charge in [0.05, 0.1) is 12.8 Å². The third kappa shape index (κ3) is 4.25. The number of nitrogens with one attached hydrogen (secondary N) is 2. The van der Waals surface area contributed by atoms with E-state index >= 15 is 0 Å². The maximum atomic E-state index is 13.4. The number of carbonyl (C=O) groups excluding carboxylic acids is 1. The van der Waals surface area contributed by atoms with Gasteiger partial charge in [-0.25, -0.2) is 0 Å². The van der Waals surface area contributed by atoms with Gasteiger partial charge in [0.15, 0.2) is 6.04 Å². The van der Waals surface area contributed by atoms with Gasteiger partial charge in [0.1, 0.15) is 11.4 Å². The topological polar surface area (TPSA) is 79.9 Å². The molecule has 1 unspecified atom stereocenters. The molecule has 0 saturated heterocycles. The fourth-order valence-corrected chi connectivity index (χ4v) is 2.48. The lowest BCUT2D eigenvalue weighted by Gasteiger charge is -2.21. The predicted octanol–water partition coefficient (Wildman–Crippen LogP) is 3.51. The van der Waals surface area contributed by atoms with E-state index < -0.39 is 18.1 Å². The van der Waals surface area contributed by atoms with E-state index in [4.69, 9.17) is 4.74 Å². The lowest BCUT2D eigenvalue weighted by Crippen LogP contribution is -2.38. The third-order valence-electron chi connectivity index (χ3n) is 3.81. The standard InChI is InChI=1S/C18H15F3N4O2/c1-27-13-6-2-4-11(8-13)14-9-15(25-24-14)17(26)23-16(18(19,20)21)12-5-3-7-22-10-12/h2-10,16H,1H3,(H,23,26)(H,24,25). The van der Waals surface area contributed by atoms with Crippen LogP contribution >= 0.6 is 0 Å². The summed E-state index contributed by atoms with van der Waals surface area (Å²) in [5, 5.41) is 8.43. The highest BCUT2D eigenvalue weighted by Gasteiger charge is 2.42. The summed E-state index contributed by atoms with van der Waals surface area (Å²) in [6.45, 7) is 0. The number of ether oxygens (including phenoxy) is 1. The minimum atomic E-state index is -4.67. The number of hydrogen-bond donors (Lipinski definition) is 2. The molecule has 0 aliphatic rings. The highest BCUT2D eigenvalue weighted by atomic mass is 19.4. The molecule has 0 aliphatic carbocycles. The van der Waals surface area contributed by atoms with Crippen LogP contribution in [0.2, 0.25) is 0 Å².